The van der Waals surface area contributed by atoms with Gasteiger partial charge in [-0.05, 0) is 32.4 Å². The van der Waals surface area contributed by atoms with E-state index in [4.69, 9.17) is 4.74 Å². The number of hydrogen-bond donors (Lipinski definition) is 0. The molecule has 4 heteroatoms. The molecule has 0 saturated carbocycles. The van der Waals surface area contributed by atoms with Gasteiger partial charge in [0.05, 0.1) is 0 Å². The van der Waals surface area contributed by atoms with E-state index in [1.165, 1.54) is 12.1 Å². The molecule has 0 aliphatic carbocycles. The molecule has 1 aromatic carbocycles. The molecule has 0 bridgehead atoms. The number of Topliss-reactive ketones (excluding diaryl/α,β-unsaturated/α-hetero) is 1. The number of hydrogen-bond acceptors (Lipinski definition) is 2. The van der Waals surface area contributed by atoms with Crippen molar-refractivity contribution < 1.29 is 18.3 Å². The third-order valence-electron chi connectivity index (χ3n) is 2.56. The third-order valence-corrected chi connectivity index (χ3v) is 2.56. The van der Waals surface area contributed by atoms with Gasteiger partial charge in [-0.1, -0.05) is 12.1 Å². The van der Waals surface area contributed by atoms with E-state index in [0.29, 0.717) is 6.61 Å². The lowest BCUT2D eigenvalue weighted by atomic mass is 9.96. The summed E-state index contributed by atoms with van der Waals surface area (Å²) in [6, 6.07) is 3.81. The Morgan fingerprint density at radius 3 is 2.59 bits per heavy atom. The molecule has 0 N–H and O–H groups in total. The molecule has 0 fully saturated rings. The highest BCUT2D eigenvalue weighted by Gasteiger charge is 2.28. The van der Waals surface area contributed by atoms with Crippen molar-refractivity contribution in [1.82, 2.24) is 0 Å². The van der Waals surface area contributed by atoms with E-state index in [2.05, 4.69) is 0 Å². The van der Waals surface area contributed by atoms with Crippen LogP contribution in [0.15, 0.2) is 18.2 Å². The minimum absolute atomic E-state index is 0.0581. The first-order chi connectivity index (χ1) is 7.88. The Morgan fingerprint density at radius 1 is 1.35 bits per heavy atom. The van der Waals surface area contributed by atoms with E-state index in [1.54, 1.807) is 20.8 Å². The van der Waals surface area contributed by atoms with Crippen molar-refractivity contribution in [2.24, 2.45) is 0 Å². The molecular weight excluding hydrogens is 226 g/mol. The molecule has 1 aromatic rings. The molecule has 0 unspecified atom stereocenters. The van der Waals surface area contributed by atoms with Crippen molar-refractivity contribution in [1.29, 1.82) is 0 Å². The molecule has 0 atom stereocenters. The number of benzene rings is 1. The molecule has 0 heterocycles. The van der Waals surface area contributed by atoms with Crippen LogP contribution in [0.4, 0.5) is 8.78 Å². The third kappa shape index (κ3) is 3.33. The first-order valence-corrected chi connectivity index (χ1v) is 5.48. The Bertz CT molecular complexity index is 414. The predicted octanol–water partition coefficient (Wildman–Crippen LogP) is 2.89. The van der Waals surface area contributed by atoms with Gasteiger partial charge in [0.25, 0.3) is 0 Å². The Kier molecular flexibility index (Phi) is 4.34. The summed E-state index contributed by atoms with van der Waals surface area (Å²) in [5.74, 6) is -2.18. The molecule has 17 heavy (non-hydrogen) atoms. The maximum absolute atomic E-state index is 13.4. The van der Waals surface area contributed by atoms with Crippen LogP contribution in [0.3, 0.4) is 0 Å². The normalized spacial score (nSPS) is 11.6. The minimum Gasteiger partial charge on any atom is -0.368 e. The fourth-order valence-electron chi connectivity index (χ4n) is 1.51. The predicted molar refractivity (Wildman–Crippen MR) is 60.8 cm³/mol. The zero-order chi connectivity index (χ0) is 13.1. The largest absolute Gasteiger partial charge is 0.368 e. The molecule has 0 amide bonds. The molecule has 0 aromatic heterocycles. The SMILES string of the molecule is CCOC(C)(C)C(=O)Cc1cccc(F)c1F. The van der Waals surface area contributed by atoms with E-state index >= 15 is 0 Å². The van der Waals surface area contributed by atoms with E-state index < -0.39 is 17.2 Å². The fourth-order valence-corrected chi connectivity index (χ4v) is 1.51. The van der Waals surface area contributed by atoms with Crippen LogP contribution >= 0.6 is 0 Å². The van der Waals surface area contributed by atoms with Crippen LogP contribution in [-0.2, 0) is 16.0 Å². The molecule has 2 nitrogen and oxygen atoms in total. The summed E-state index contributed by atoms with van der Waals surface area (Å²) >= 11 is 0. The van der Waals surface area contributed by atoms with Crippen LogP contribution < -0.4 is 0 Å². The Hall–Kier alpha value is -1.29. The zero-order valence-corrected chi connectivity index (χ0v) is 10.2. The van der Waals surface area contributed by atoms with Gasteiger partial charge >= 0.3 is 0 Å². The smallest absolute Gasteiger partial charge is 0.168 e. The first-order valence-electron chi connectivity index (χ1n) is 5.48. The van der Waals surface area contributed by atoms with Gasteiger partial charge in [-0.3, -0.25) is 4.79 Å². The quantitative estimate of drug-likeness (QED) is 0.793. The highest BCUT2D eigenvalue weighted by molar-refractivity contribution is 5.88. The number of ketones is 1. The maximum atomic E-state index is 13.4. The highest BCUT2D eigenvalue weighted by Crippen LogP contribution is 2.17. The Balaban J connectivity index is 2.85. The average molecular weight is 242 g/mol. The number of carbonyl (C=O) groups is 1. The molecule has 0 saturated heterocycles. The lowest BCUT2D eigenvalue weighted by Crippen LogP contribution is -2.36. The van der Waals surface area contributed by atoms with E-state index in [-0.39, 0.29) is 17.8 Å². The highest BCUT2D eigenvalue weighted by atomic mass is 19.2. The number of carbonyl (C=O) groups excluding carboxylic acids is 1. The van der Waals surface area contributed by atoms with Crippen LogP contribution in [0.2, 0.25) is 0 Å². The molecule has 0 spiro atoms. The summed E-state index contributed by atoms with van der Waals surface area (Å²) in [6.07, 6.45) is -0.170. The zero-order valence-electron chi connectivity index (χ0n) is 10.2. The number of ether oxygens (including phenoxy) is 1. The lowest BCUT2D eigenvalue weighted by molar-refractivity contribution is -0.139. The van der Waals surface area contributed by atoms with E-state index in [9.17, 15) is 13.6 Å². The lowest BCUT2D eigenvalue weighted by Gasteiger charge is -2.23. The molecule has 0 aliphatic heterocycles. The summed E-state index contributed by atoms with van der Waals surface area (Å²) in [5, 5.41) is 0. The monoisotopic (exact) mass is 242 g/mol. The Labute approximate surface area is 99.6 Å². The summed E-state index contributed by atoms with van der Waals surface area (Å²) in [5.41, 5.74) is -0.921. The van der Waals surface area contributed by atoms with Crippen LogP contribution in [0, 0.1) is 11.6 Å². The standard InChI is InChI=1S/C13H16F2O2/c1-4-17-13(2,3)11(16)8-9-6-5-7-10(14)12(9)15/h5-7H,4,8H2,1-3H3. The molecular formula is C13H16F2O2. The fraction of sp³-hybridized carbons (Fsp3) is 0.462. The summed E-state index contributed by atoms with van der Waals surface area (Å²) < 4.78 is 31.6. The van der Waals surface area contributed by atoms with Crippen LogP contribution in [0.25, 0.3) is 0 Å². The van der Waals surface area contributed by atoms with Gasteiger partial charge in [0.15, 0.2) is 17.4 Å². The van der Waals surface area contributed by atoms with Gasteiger partial charge in [-0.2, -0.15) is 0 Å². The van der Waals surface area contributed by atoms with Gasteiger partial charge in [0, 0.05) is 13.0 Å². The molecule has 0 aliphatic rings. The van der Waals surface area contributed by atoms with Crippen molar-refractivity contribution in [3.05, 3.63) is 35.4 Å². The first kappa shape index (κ1) is 13.8. The van der Waals surface area contributed by atoms with Crippen LogP contribution in [0.5, 0.6) is 0 Å². The van der Waals surface area contributed by atoms with Crippen LogP contribution in [0.1, 0.15) is 26.3 Å². The van der Waals surface area contributed by atoms with E-state index in [1.807, 2.05) is 0 Å². The summed E-state index contributed by atoms with van der Waals surface area (Å²) in [4.78, 5) is 11.9. The maximum Gasteiger partial charge on any atom is 0.168 e. The van der Waals surface area contributed by atoms with E-state index in [0.717, 1.165) is 6.07 Å². The van der Waals surface area contributed by atoms with Crippen molar-refractivity contribution in [2.45, 2.75) is 32.8 Å². The summed E-state index contributed by atoms with van der Waals surface area (Å²) in [7, 11) is 0. The van der Waals surface area contributed by atoms with Crippen molar-refractivity contribution in [2.75, 3.05) is 6.61 Å². The van der Waals surface area contributed by atoms with Crippen LogP contribution in [-0.4, -0.2) is 18.0 Å². The second-order valence-electron chi connectivity index (χ2n) is 4.26. The Morgan fingerprint density at radius 2 is 2.00 bits per heavy atom. The second kappa shape index (κ2) is 5.36. The molecule has 0 radical (unpaired) electrons. The van der Waals surface area contributed by atoms with Gasteiger partial charge < -0.3 is 4.74 Å². The van der Waals surface area contributed by atoms with Gasteiger partial charge in [-0.15, -0.1) is 0 Å². The van der Waals surface area contributed by atoms with Crippen molar-refractivity contribution >= 4 is 5.78 Å². The number of rotatable bonds is 5. The van der Waals surface area contributed by atoms with Gasteiger partial charge in [0.2, 0.25) is 0 Å². The van der Waals surface area contributed by atoms with Crippen molar-refractivity contribution in [3.63, 3.8) is 0 Å². The average Bonchev–Trinajstić information content (AvgIpc) is 2.24. The number of halogens is 2. The topological polar surface area (TPSA) is 26.3 Å². The van der Waals surface area contributed by atoms with Gasteiger partial charge in [-0.25, -0.2) is 8.78 Å². The molecule has 94 valence electrons. The second-order valence-corrected chi connectivity index (χ2v) is 4.26. The summed E-state index contributed by atoms with van der Waals surface area (Å²) in [6.45, 7) is 5.41. The minimum atomic E-state index is -0.979. The molecule has 1 rings (SSSR count). The van der Waals surface area contributed by atoms with Gasteiger partial charge in [0.1, 0.15) is 5.60 Å². The van der Waals surface area contributed by atoms with Crippen molar-refractivity contribution in [3.8, 4) is 0 Å².